The Bertz CT molecular complexity index is 1590. The molecule has 4 rings (SSSR count). The zero-order valence-corrected chi connectivity index (χ0v) is 24.4. The van der Waals surface area contributed by atoms with E-state index >= 15 is 0 Å². The summed E-state index contributed by atoms with van der Waals surface area (Å²) >= 11 is 52.3. The summed E-state index contributed by atoms with van der Waals surface area (Å²) in [7, 11) is 0. The molecule has 0 heterocycles. The Labute approximate surface area is 256 Å². The van der Waals surface area contributed by atoms with Crippen LogP contribution in [-0.2, 0) is 0 Å². The van der Waals surface area contributed by atoms with Crippen molar-refractivity contribution in [1.82, 2.24) is 0 Å². The van der Waals surface area contributed by atoms with Crippen molar-refractivity contribution in [3.8, 4) is 45.6 Å². The summed E-state index contributed by atoms with van der Waals surface area (Å²) in [5, 5.41) is 18.3. The minimum atomic E-state index is -0.149. The van der Waals surface area contributed by atoms with Crippen LogP contribution >= 0.6 is 92.8 Å². The maximum atomic E-state index is 9.69. The Hall–Kier alpha value is -2.00. The number of hydrogen-bond acceptors (Lipinski definition) is 6. The molecule has 0 aliphatic heterocycles. The highest BCUT2D eigenvalue weighted by molar-refractivity contribution is 6.55. The molecule has 198 valence electrons. The first-order chi connectivity index (χ1) is 17.8. The predicted molar refractivity (Wildman–Crippen MR) is 157 cm³/mol. The Morgan fingerprint density at radius 1 is 0.474 bits per heavy atom. The van der Waals surface area contributed by atoms with E-state index in [-0.39, 0.29) is 97.2 Å². The topological polar surface area (TPSA) is 111 Å². The summed E-state index contributed by atoms with van der Waals surface area (Å²) in [6.45, 7) is 0. The largest absolute Gasteiger partial charge is 0.506 e. The molecule has 0 saturated heterocycles. The molecule has 0 aliphatic carbocycles. The van der Waals surface area contributed by atoms with Crippen molar-refractivity contribution in [3.05, 3.63) is 76.6 Å². The number of nitrogens with two attached hydrogens (primary N) is 2. The third-order valence-corrected chi connectivity index (χ3v) is 8.48. The summed E-state index contributed by atoms with van der Waals surface area (Å²) in [5.41, 5.74) is 11.6. The molecule has 0 radical (unpaired) electrons. The van der Waals surface area contributed by atoms with Crippen molar-refractivity contribution < 1.29 is 19.7 Å². The molecule has 0 amide bonds. The van der Waals surface area contributed by atoms with E-state index in [2.05, 4.69) is 0 Å². The maximum Gasteiger partial charge on any atom is 0.167 e. The van der Waals surface area contributed by atoms with Crippen molar-refractivity contribution in [2.24, 2.45) is 0 Å². The molecule has 0 fully saturated rings. The molecular weight excluding hydrogens is 664 g/mol. The van der Waals surface area contributed by atoms with Crippen LogP contribution in [0.2, 0.25) is 40.2 Å². The molecule has 38 heavy (non-hydrogen) atoms. The second-order valence-electron chi connectivity index (χ2n) is 7.57. The standard InChI is InChI=1S/C24H12Cl8N2O4/c25-15-14(18(28)23(22(32)19(15)29)37-7-1-3-11(35)9(33)5-7)13-16(26)20(30)24(21(31)17(13)27)38-8-2-4-12(36)10(34)6-8/h1-6,35-36H,33-34H2. The van der Waals surface area contributed by atoms with E-state index in [0.717, 1.165) is 0 Å². The Morgan fingerprint density at radius 3 is 1.24 bits per heavy atom. The van der Waals surface area contributed by atoms with Crippen LogP contribution in [0.1, 0.15) is 0 Å². The molecule has 0 unspecified atom stereocenters. The second-order valence-corrected chi connectivity index (χ2v) is 10.6. The monoisotopic (exact) mass is 672 g/mol. The van der Waals surface area contributed by atoms with Crippen molar-refractivity contribution in [2.45, 2.75) is 0 Å². The maximum absolute atomic E-state index is 9.69. The summed E-state index contributed by atoms with van der Waals surface area (Å²) in [6.07, 6.45) is 0. The van der Waals surface area contributed by atoms with Gasteiger partial charge in [0.2, 0.25) is 0 Å². The van der Waals surface area contributed by atoms with Crippen LogP contribution in [0, 0.1) is 0 Å². The van der Waals surface area contributed by atoms with Crippen LogP contribution in [0.3, 0.4) is 0 Å². The first-order valence-electron chi connectivity index (χ1n) is 10.1. The van der Waals surface area contributed by atoms with Gasteiger partial charge in [-0.25, -0.2) is 0 Å². The molecule has 6 N–H and O–H groups in total. The van der Waals surface area contributed by atoms with Gasteiger partial charge in [0.15, 0.2) is 11.5 Å². The van der Waals surface area contributed by atoms with Crippen molar-refractivity contribution in [2.75, 3.05) is 11.5 Å². The number of benzene rings is 4. The minimum absolute atomic E-state index is 0.0173. The number of phenolic OH excluding ortho intramolecular Hbond substituents is 2. The quantitative estimate of drug-likeness (QED) is 0.0725. The summed E-state index contributed by atoms with van der Waals surface area (Å²) < 4.78 is 11.6. The van der Waals surface area contributed by atoms with Crippen LogP contribution in [0.15, 0.2) is 36.4 Å². The van der Waals surface area contributed by atoms with E-state index in [1.807, 2.05) is 0 Å². The van der Waals surface area contributed by atoms with Crippen molar-refractivity contribution in [1.29, 1.82) is 0 Å². The fourth-order valence-electron chi connectivity index (χ4n) is 3.27. The molecule has 6 nitrogen and oxygen atoms in total. The number of nitrogen functional groups attached to an aromatic ring is 2. The number of aromatic hydroxyl groups is 2. The Morgan fingerprint density at radius 2 is 0.816 bits per heavy atom. The van der Waals surface area contributed by atoms with Gasteiger partial charge in [0.05, 0.1) is 36.5 Å². The highest BCUT2D eigenvalue weighted by Gasteiger charge is 2.30. The molecule has 0 aliphatic rings. The smallest absolute Gasteiger partial charge is 0.167 e. The van der Waals surface area contributed by atoms with Gasteiger partial charge in [-0.1, -0.05) is 92.8 Å². The van der Waals surface area contributed by atoms with Gasteiger partial charge in [-0.05, 0) is 24.3 Å². The van der Waals surface area contributed by atoms with Gasteiger partial charge in [-0.2, -0.15) is 0 Å². The van der Waals surface area contributed by atoms with Gasteiger partial charge in [0.25, 0.3) is 0 Å². The highest BCUT2D eigenvalue weighted by atomic mass is 35.5. The summed E-state index contributed by atoms with van der Waals surface area (Å²) in [5.74, 6) is -0.123. The van der Waals surface area contributed by atoms with Gasteiger partial charge < -0.3 is 31.2 Å². The van der Waals surface area contributed by atoms with Crippen molar-refractivity contribution >= 4 is 104 Å². The van der Waals surface area contributed by atoms with E-state index in [1.54, 1.807) is 0 Å². The fourth-order valence-corrected chi connectivity index (χ4v) is 5.53. The Balaban J connectivity index is 1.89. The Kier molecular flexibility index (Phi) is 8.58. The van der Waals surface area contributed by atoms with E-state index in [9.17, 15) is 10.2 Å². The molecule has 4 aromatic rings. The number of anilines is 2. The lowest BCUT2D eigenvalue weighted by Gasteiger charge is -2.21. The average Bonchev–Trinajstić information content (AvgIpc) is 2.88. The third kappa shape index (κ3) is 5.25. The summed E-state index contributed by atoms with van der Waals surface area (Å²) in [4.78, 5) is 0. The van der Waals surface area contributed by atoms with E-state index in [4.69, 9.17) is 114 Å². The molecule has 0 atom stereocenters. The van der Waals surface area contributed by atoms with E-state index < -0.39 is 0 Å². The van der Waals surface area contributed by atoms with Crippen LogP contribution in [0.4, 0.5) is 11.4 Å². The molecule has 0 saturated carbocycles. The lowest BCUT2D eigenvalue weighted by atomic mass is 10.0. The number of phenols is 2. The molecule has 0 bridgehead atoms. The molecule has 14 heteroatoms. The normalized spacial score (nSPS) is 11.1. The van der Waals surface area contributed by atoms with E-state index in [1.165, 1.54) is 36.4 Å². The van der Waals surface area contributed by atoms with Gasteiger partial charge in [0.1, 0.15) is 38.1 Å². The predicted octanol–water partition coefficient (Wildman–Crippen LogP) is 10.7. The minimum Gasteiger partial charge on any atom is -0.506 e. The van der Waals surface area contributed by atoms with Crippen molar-refractivity contribution in [3.63, 3.8) is 0 Å². The zero-order valence-electron chi connectivity index (χ0n) is 18.4. The SMILES string of the molecule is Nc1cc(Oc2c(Cl)c(Cl)c(-c3c(Cl)c(Cl)c(Cl)c(Oc4ccc(O)c(N)c4)c3Cl)c(Cl)c2Cl)ccc1O. The first-order valence-corrected chi connectivity index (χ1v) is 13.1. The number of rotatable bonds is 5. The van der Waals surface area contributed by atoms with Crippen LogP contribution in [0.25, 0.3) is 11.1 Å². The zero-order chi connectivity index (χ0) is 28.0. The number of ether oxygens (including phenoxy) is 2. The summed E-state index contributed by atoms with van der Waals surface area (Å²) in [6, 6.07) is 8.20. The average molecular weight is 676 g/mol. The van der Waals surface area contributed by atoms with Gasteiger partial charge in [-0.15, -0.1) is 0 Å². The van der Waals surface area contributed by atoms with Crippen LogP contribution in [-0.4, -0.2) is 10.2 Å². The third-order valence-electron chi connectivity index (χ3n) is 5.13. The number of hydrogen-bond donors (Lipinski definition) is 4. The molecule has 0 spiro atoms. The second kappa shape index (κ2) is 11.2. The molecule has 4 aromatic carbocycles. The first kappa shape index (κ1) is 29.0. The number of halogens is 8. The molecule has 0 aromatic heterocycles. The van der Waals surface area contributed by atoms with Crippen LogP contribution < -0.4 is 20.9 Å². The molecular formula is C24H12Cl8N2O4. The fraction of sp³-hybridized carbons (Fsp3) is 0. The lowest BCUT2D eigenvalue weighted by molar-refractivity contribution is 0.467. The lowest BCUT2D eigenvalue weighted by Crippen LogP contribution is -1.97. The highest BCUT2D eigenvalue weighted by Crippen LogP contribution is 2.57. The van der Waals surface area contributed by atoms with Gasteiger partial charge >= 0.3 is 0 Å². The van der Waals surface area contributed by atoms with Gasteiger partial charge in [0, 0.05) is 23.3 Å². The van der Waals surface area contributed by atoms with Gasteiger partial charge in [-0.3, -0.25) is 0 Å². The van der Waals surface area contributed by atoms with Crippen LogP contribution in [0.5, 0.6) is 34.5 Å². The van der Waals surface area contributed by atoms with E-state index in [0.29, 0.717) is 0 Å².